The molecule has 0 radical (unpaired) electrons. The molecule has 4 rings (SSSR count). The SMILES string of the molecule is Cn1cc([C@H]2OCCC[C@@H]2NS(=O)(=O)Cc2noc3ccccc23)cn1. The van der Waals surface area contributed by atoms with E-state index < -0.39 is 10.0 Å². The number of benzene rings is 1. The molecule has 0 bridgehead atoms. The minimum Gasteiger partial charge on any atom is -0.372 e. The lowest BCUT2D eigenvalue weighted by Gasteiger charge is -2.31. The van der Waals surface area contributed by atoms with Gasteiger partial charge in [0.1, 0.15) is 17.6 Å². The zero-order valence-electron chi connectivity index (χ0n) is 14.3. The number of rotatable bonds is 5. The molecule has 2 aromatic heterocycles. The van der Waals surface area contributed by atoms with Crippen molar-refractivity contribution in [2.24, 2.45) is 7.05 Å². The Morgan fingerprint density at radius 2 is 2.19 bits per heavy atom. The lowest BCUT2D eigenvalue weighted by atomic mass is 9.99. The summed E-state index contributed by atoms with van der Waals surface area (Å²) in [7, 11) is -1.79. The quantitative estimate of drug-likeness (QED) is 0.730. The fourth-order valence-electron chi connectivity index (χ4n) is 3.31. The number of hydrogen-bond donors (Lipinski definition) is 1. The Morgan fingerprint density at radius 3 is 3.00 bits per heavy atom. The van der Waals surface area contributed by atoms with Crippen molar-refractivity contribution in [3.63, 3.8) is 0 Å². The first kappa shape index (κ1) is 17.2. The lowest BCUT2D eigenvalue weighted by molar-refractivity contribution is -0.00447. The molecular weight excluding hydrogens is 356 g/mol. The molecule has 0 aliphatic carbocycles. The van der Waals surface area contributed by atoms with Gasteiger partial charge < -0.3 is 9.26 Å². The van der Waals surface area contributed by atoms with Crippen LogP contribution in [-0.2, 0) is 27.6 Å². The van der Waals surface area contributed by atoms with E-state index in [0.29, 0.717) is 29.7 Å². The number of aryl methyl sites for hydroxylation is 1. The van der Waals surface area contributed by atoms with Crippen LogP contribution >= 0.6 is 0 Å². The minimum absolute atomic E-state index is 0.236. The Hall–Kier alpha value is -2.23. The van der Waals surface area contributed by atoms with E-state index in [0.717, 1.165) is 12.0 Å². The molecule has 1 saturated heterocycles. The number of nitrogens with zero attached hydrogens (tertiary/aromatic N) is 3. The predicted octanol–water partition coefficient (Wildman–Crippen LogP) is 1.90. The number of hydrogen-bond acceptors (Lipinski definition) is 6. The molecule has 3 aromatic rings. The number of ether oxygens (including phenoxy) is 1. The van der Waals surface area contributed by atoms with Crippen LogP contribution in [0.15, 0.2) is 41.2 Å². The fourth-order valence-corrected chi connectivity index (χ4v) is 4.67. The van der Waals surface area contributed by atoms with E-state index in [9.17, 15) is 8.42 Å². The van der Waals surface area contributed by atoms with Gasteiger partial charge in [0.25, 0.3) is 0 Å². The largest absolute Gasteiger partial charge is 0.372 e. The fraction of sp³-hybridized carbons (Fsp3) is 0.412. The molecule has 1 N–H and O–H groups in total. The van der Waals surface area contributed by atoms with Gasteiger partial charge in [0.05, 0.1) is 12.2 Å². The van der Waals surface area contributed by atoms with E-state index in [1.165, 1.54) is 0 Å². The number of aromatic nitrogens is 3. The van der Waals surface area contributed by atoms with Crippen LogP contribution in [-0.4, -0.2) is 36.0 Å². The van der Waals surface area contributed by atoms with E-state index in [1.54, 1.807) is 23.0 Å². The van der Waals surface area contributed by atoms with E-state index in [-0.39, 0.29) is 17.9 Å². The van der Waals surface area contributed by atoms with E-state index in [1.807, 2.05) is 25.4 Å². The topological polar surface area (TPSA) is 99.2 Å². The second-order valence-corrected chi connectivity index (χ2v) is 8.24. The van der Waals surface area contributed by atoms with Crippen LogP contribution in [0, 0.1) is 0 Å². The standard InChI is InChI=1S/C17H20N4O4S/c1-21-10-12(9-18-21)17-14(6-4-8-24-17)20-26(22,23)11-15-13-5-2-3-7-16(13)25-19-15/h2-3,5,7,9-10,14,17,20H,4,6,8,11H2,1H3/t14-,17+/m0/s1. The van der Waals surface area contributed by atoms with Crippen LogP contribution in [0.4, 0.5) is 0 Å². The summed E-state index contributed by atoms with van der Waals surface area (Å²) in [5, 5.41) is 8.78. The van der Waals surface area contributed by atoms with E-state index in [4.69, 9.17) is 9.26 Å². The molecule has 0 spiro atoms. The van der Waals surface area contributed by atoms with Gasteiger partial charge in [0.15, 0.2) is 5.58 Å². The summed E-state index contributed by atoms with van der Waals surface area (Å²) in [5.41, 5.74) is 1.85. The zero-order chi connectivity index (χ0) is 18.1. The summed E-state index contributed by atoms with van der Waals surface area (Å²) in [5.74, 6) is -0.236. The number of nitrogens with one attached hydrogen (secondary N) is 1. The number of fused-ring (bicyclic) bond motifs is 1. The average molecular weight is 376 g/mol. The first-order valence-corrected chi connectivity index (χ1v) is 10.1. The number of para-hydroxylation sites is 1. The molecule has 8 nitrogen and oxygen atoms in total. The molecule has 2 atom stereocenters. The molecule has 138 valence electrons. The highest BCUT2D eigenvalue weighted by molar-refractivity contribution is 7.88. The van der Waals surface area contributed by atoms with Crippen LogP contribution in [0.25, 0.3) is 11.0 Å². The molecule has 0 saturated carbocycles. The summed E-state index contributed by atoms with van der Waals surface area (Å²) in [4.78, 5) is 0. The van der Waals surface area contributed by atoms with Gasteiger partial charge in [-0.1, -0.05) is 17.3 Å². The second-order valence-electron chi connectivity index (χ2n) is 6.49. The monoisotopic (exact) mass is 376 g/mol. The van der Waals surface area contributed by atoms with Crippen LogP contribution in [0.2, 0.25) is 0 Å². The van der Waals surface area contributed by atoms with E-state index >= 15 is 0 Å². The van der Waals surface area contributed by atoms with Crippen molar-refractivity contribution in [2.75, 3.05) is 6.61 Å². The highest BCUT2D eigenvalue weighted by Gasteiger charge is 2.32. The molecule has 1 fully saturated rings. The maximum Gasteiger partial charge on any atom is 0.217 e. The smallest absolute Gasteiger partial charge is 0.217 e. The Kier molecular flexibility index (Phi) is 4.51. The molecule has 0 unspecified atom stereocenters. The van der Waals surface area contributed by atoms with Crippen molar-refractivity contribution >= 4 is 21.0 Å². The molecule has 1 aliphatic rings. The minimum atomic E-state index is -3.61. The van der Waals surface area contributed by atoms with Crippen LogP contribution in [0.1, 0.15) is 30.2 Å². The molecule has 1 aliphatic heterocycles. The molecule has 1 aromatic carbocycles. The van der Waals surface area contributed by atoms with Crippen molar-refractivity contribution in [3.8, 4) is 0 Å². The van der Waals surface area contributed by atoms with Crippen molar-refractivity contribution in [1.82, 2.24) is 19.7 Å². The van der Waals surface area contributed by atoms with Crippen molar-refractivity contribution in [2.45, 2.75) is 30.7 Å². The summed E-state index contributed by atoms with van der Waals surface area (Å²) in [6.45, 7) is 0.603. The van der Waals surface area contributed by atoms with Crippen LogP contribution in [0.5, 0.6) is 0 Å². The third-order valence-electron chi connectivity index (χ3n) is 4.49. The maximum atomic E-state index is 12.7. The van der Waals surface area contributed by atoms with Crippen LogP contribution in [0.3, 0.4) is 0 Å². The zero-order valence-corrected chi connectivity index (χ0v) is 15.1. The molecular formula is C17H20N4O4S. The van der Waals surface area contributed by atoms with Crippen molar-refractivity contribution < 1.29 is 17.7 Å². The first-order chi connectivity index (χ1) is 12.5. The summed E-state index contributed by atoms with van der Waals surface area (Å²) in [6.07, 6.45) is 4.72. The van der Waals surface area contributed by atoms with Crippen molar-refractivity contribution in [1.29, 1.82) is 0 Å². The Labute approximate surface area is 151 Å². The van der Waals surface area contributed by atoms with Gasteiger partial charge in [-0.2, -0.15) is 5.10 Å². The predicted molar refractivity (Wildman–Crippen MR) is 94.7 cm³/mol. The van der Waals surface area contributed by atoms with E-state index in [2.05, 4.69) is 15.0 Å². The lowest BCUT2D eigenvalue weighted by Crippen LogP contribution is -2.43. The summed E-state index contributed by atoms with van der Waals surface area (Å²) < 4.78 is 40.9. The highest BCUT2D eigenvalue weighted by atomic mass is 32.2. The number of sulfonamides is 1. The van der Waals surface area contributed by atoms with Crippen molar-refractivity contribution in [3.05, 3.63) is 47.9 Å². The van der Waals surface area contributed by atoms with Gasteiger partial charge in [-0.3, -0.25) is 4.68 Å². The third-order valence-corrected chi connectivity index (χ3v) is 5.80. The molecule has 26 heavy (non-hydrogen) atoms. The summed E-state index contributed by atoms with van der Waals surface area (Å²) in [6, 6.07) is 6.88. The molecule has 9 heteroatoms. The second kappa shape index (κ2) is 6.82. The van der Waals surface area contributed by atoms with Crippen LogP contribution < -0.4 is 4.72 Å². The van der Waals surface area contributed by atoms with Gasteiger partial charge in [-0.25, -0.2) is 13.1 Å². The van der Waals surface area contributed by atoms with Gasteiger partial charge in [-0.15, -0.1) is 0 Å². The van der Waals surface area contributed by atoms with Gasteiger partial charge >= 0.3 is 0 Å². The summed E-state index contributed by atoms with van der Waals surface area (Å²) >= 11 is 0. The molecule has 0 amide bonds. The normalized spacial score (nSPS) is 21.3. The maximum absolute atomic E-state index is 12.7. The highest BCUT2D eigenvalue weighted by Crippen LogP contribution is 2.29. The Morgan fingerprint density at radius 1 is 1.35 bits per heavy atom. The third kappa shape index (κ3) is 3.50. The Bertz CT molecular complexity index is 1010. The van der Waals surface area contributed by atoms with Gasteiger partial charge in [0, 0.05) is 30.8 Å². The first-order valence-electron chi connectivity index (χ1n) is 8.45. The van der Waals surface area contributed by atoms with Gasteiger partial charge in [0.2, 0.25) is 10.0 Å². The average Bonchev–Trinajstić information content (AvgIpc) is 3.22. The molecule has 3 heterocycles. The Balaban J connectivity index is 1.54. The van der Waals surface area contributed by atoms with Gasteiger partial charge in [-0.05, 0) is 25.0 Å².